The number of Topliss-reactive ketones (excluding diaryl/α,β-unsaturated/α-hetero) is 1. The van der Waals surface area contributed by atoms with Crippen LogP contribution in [0.25, 0.3) is 10.9 Å². The Kier molecular flexibility index (Phi) is 5.50. The van der Waals surface area contributed by atoms with Gasteiger partial charge in [-0.05, 0) is 18.6 Å². The van der Waals surface area contributed by atoms with Crippen LogP contribution in [0.1, 0.15) is 55.8 Å². The second kappa shape index (κ2) is 7.14. The maximum atomic E-state index is 12.3. The molecule has 1 aromatic heterocycles. The van der Waals surface area contributed by atoms with Crippen molar-refractivity contribution in [1.29, 1.82) is 0 Å². The van der Waals surface area contributed by atoms with Crippen molar-refractivity contribution in [2.75, 3.05) is 0 Å². The molecule has 0 saturated heterocycles. The lowest BCUT2D eigenvalue weighted by Crippen LogP contribution is -1.98. The van der Waals surface area contributed by atoms with Crippen molar-refractivity contribution in [2.45, 2.75) is 45.4 Å². The largest absolute Gasteiger partial charge is 0.360 e. The average Bonchev–Trinajstić information content (AvgIpc) is 2.82. The van der Waals surface area contributed by atoms with Crippen molar-refractivity contribution in [3.05, 3.63) is 33.9 Å². The standard InChI is InChI=1S/C16H19Cl2NO/c1-2-3-4-5-6-7-15(20)12-10-19-14-9-11(17)8-13(18)16(12)14/h8-10,19H,2-7H2,1H3. The number of rotatable bonds is 7. The van der Waals surface area contributed by atoms with Gasteiger partial charge < -0.3 is 4.98 Å². The molecule has 0 aliphatic rings. The molecule has 108 valence electrons. The molecule has 0 amide bonds. The number of H-pyrrole nitrogens is 1. The predicted molar refractivity (Wildman–Crippen MR) is 86.0 cm³/mol. The molecule has 1 aromatic carbocycles. The van der Waals surface area contributed by atoms with E-state index < -0.39 is 0 Å². The molecule has 4 heteroatoms. The Bertz CT molecular complexity index is 604. The summed E-state index contributed by atoms with van der Waals surface area (Å²) in [5, 5.41) is 1.89. The molecular weight excluding hydrogens is 293 g/mol. The topological polar surface area (TPSA) is 32.9 Å². The van der Waals surface area contributed by atoms with Crippen LogP contribution in [-0.2, 0) is 0 Å². The van der Waals surface area contributed by atoms with Crippen molar-refractivity contribution in [3.63, 3.8) is 0 Å². The Morgan fingerprint density at radius 2 is 1.90 bits per heavy atom. The molecule has 0 atom stereocenters. The van der Waals surface area contributed by atoms with Crippen LogP contribution in [0, 0.1) is 0 Å². The molecule has 2 rings (SSSR count). The summed E-state index contributed by atoms with van der Waals surface area (Å²) in [6, 6.07) is 3.47. The molecule has 1 N–H and O–H groups in total. The van der Waals surface area contributed by atoms with Gasteiger partial charge in [0.05, 0.1) is 5.02 Å². The third-order valence-corrected chi connectivity index (χ3v) is 4.02. The average molecular weight is 312 g/mol. The van der Waals surface area contributed by atoms with Gasteiger partial charge >= 0.3 is 0 Å². The van der Waals surface area contributed by atoms with Gasteiger partial charge in [0.25, 0.3) is 0 Å². The van der Waals surface area contributed by atoms with E-state index in [2.05, 4.69) is 11.9 Å². The SMILES string of the molecule is CCCCCCCC(=O)c1c[nH]c2cc(Cl)cc(Cl)c12. The van der Waals surface area contributed by atoms with Crippen LogP contribution >= 0.6 is 23.2 Å². The van der Waals surface area contributed by atoms with Gasteiger partial charge in [-0.3, -0.25) is 4.79 Å². The summed E-state index contributed by atoms with van der Waals surface area (Å²) < 4.78 is 0. The number of hydrogen-bond acceptors (Lipinski definition) is 1. The van der Waals surface area contributed by atoms with Crippen LogP contribution < -0.4 is 0 Å². The first-order valence-corrected chi connectivity index (χ1v) is 7.88. The molecule has 0 saturated carbocycles. The van der Waals surface area contributed by atoms with Crippen LogP contribution in [0.15, 0.2) is 18.3 Å². The minimum atomic E-state index is 0.150. The first-order chi connectivity index (χ1) is 9.63. The van der Waals surface area contributed by atoms with Crippen LogP contribution in [0.5, 0.6) is 0 Å². The fourth-order valence-corrected chi connectivity index (χ4v) is 3.02. The summed E-state index contributed by atoms with van der Waals surface area (Å²) in [4.78, 5) is 15.3. The van der Waals surface area contributed by atoms with Crippen molar-refractivity contribution in [2.24, 2.45) is 0 Å². The van der Waals surface area contributed by atoms with Gasteiger partial charge in [0.2, 0.25) is 0 Å². The zero-order valence-electron chi connectivity index (χ0n) is 11.6. The van der Waals surface area contributed by atoms with Gasteiger partial charge in [-0.2, -0.15) is 0 Å². The number of aromatic amines is 1. The Morgan fingerprint density at radius 1 is 1.15 bits per heavy atom. The smallest absolute Gasteiger partial charge is 0.165 e. The van der Waals surface area contributed by atoms with Gasteiger partial charge in [-0.1, -0.05) is 55.8 Å². The lowest BCUT2D eigenvalue weighted by molar-refractivity contribution is 0.0980. The fourth-order valence-electron chi connectivity index (χ4n) is 2.43. The summed E-state index contributed by atoms with van der Waals surface area (Å²) >= 11 is 12.2. The van der Waals surface area contributed by atoms with E-state index in [1.807, 2.05) is 0 Å². The number of ketones is 1. The highest BCUT2D eigenvalue weighted by atomic mass is 35.5. The lowest BCUT2D eigenvalue weighted by atomic mass is 10.0. The predicted octanol–water partition coefficient (Wildman–Crippen LogP) is 6.02. The highest BCUT2D eigenvalue weighted by molar-refractivity contribution is 6.39. The number of halogens is 2. The summed E-state index contributed by atoms with van der Waals surface area (Å²) in [6.07, 6.45) is 8.03. The van der Waals surface area contributed by atoms with Crippen molar-refractivity contribution in [3.8, 4) is 0 Å². The number of aromatic nitrogens is 1. The van der Waals surface area contributed by atoms with E-state index in [4.69, 9.17) is 23.2 Å². The molecule has 0 radical (unpaired) electrons. The van der Waals surface area contributed by atoms with Gasteiger partial charge in [-0.25, -0.2) is 0 Å². The quantitative estimate of drug-likeness (QED) is 0.492. The maximum absolute atomic E-state index is 12.3. The lowest BCUT2D eigenvalue weighted by Gasteiger charge is -2.02. The fraction of sp³-hybridized carbons (Fsp3) is 0.438. The van der Waals surface area contributed by atoms with E-state index in [1.54, 1.807) is 18.3 Å². The van der Waals surface area contributed by atoms with E-state index in [0.29, 0.717) is 22.0 Å². The molecule has 1 heterocycles. The first kappa shape index (κ1) is 15.4. The van der Waals surface area contributed by atoms with Gasteiger partial charge in [0.1, 0.15) is 0 Å². The second-order valence-corrected chi connectivity index (χ2v) is 5.94. The zero-order valence-corrected chi connectivity index (χ0v) is 13.2. The summed E-state index contributed by atoms with van der Waals surface area (Å²) in [7, 11) is 0. The highest BCUT2D eigenvalue weighted by Crippen LogP contribution is 2.31. The number of unbranched alkanes of at least 4 members (excludes halogenated alkanes) is 4. The molecular formula is C16H19Cl2NO. The summed E-state index contributed by atoms with van der Waals surface area (Å²) in [5.41, 5.74) is 1.49. The molecule has 0 spiro atoms. The van der Waals surface area contributed by atoms with E-state index >= 15 is 0 Å². The second-order valence-electron chi connectivity index (χ2n) is 5.10. The third kappa shape index (κ3) is 3.56. The third-order valence-electron chi connectivity index (χ3n) is 3.50. The van der Waals surface area contributed by atoms with Crippen LogP contribution in [0.3, 0.4) is 0 Å². The number of carbonyl (C=O) groups is 1. The van der Waals surface area contributed by atoms with E-state index in [9.17, 15) is 4.79 Å². The number of nitrogens with one attached hydrogen (secondary N) is 1. The van der Waals surface area contributed by atoms with Crippen molar-refractivity contribution < 1.29 is 4.79 Å². The Labute approximate surface area is 129 Å². The summed E-state index contributed by atoms with van der Waals surface area (Å²) in [6.45, 7) is 2.18. The highest BCUT2D eigenvalue weighted by Gasteiger charge is 2.14. The molecule has 20 heavy (non-hydrogen) atoms. The normalized spacial score (nSPS) is 11.2. The van der Waals surface area contributed by atoms with E-state index in [-0.39, 0.29) is 5.78 Å². The van der Waals surface area contributed by atoms with Crippen LogP contribution in [0.2, 0.25) is 10.0 Å². The Balaban J connectivity index is 2.07. The molecule has 2 aromatic rings. The summed E-state index contributed by atoms with van der Waals surface area (Å²) in [5.74, 6) is 0.150. The van der Waals surface area contributed by atoms with Crippen LogP contribution in [0.4, 0.5) is 0 Å². The first-order valence-electron chi connectivity index (χ1n) is 7.12. The van der Waals surface area contributed by atoms with Gasteiger partial charge in [0.15, 0.2) is 5.78 Å². The maximum Gasteiger partial charge on any atom is 0.165 e. The number of hydrogen-bond donors (Lipinski definition) is 1. The number of fused-ring (bicyclic) bond motifs is 1. The minimum absolute atomic E-state index is 0.150. The molecule has 0 aliphatic heterocycles. The number of benzene rings is 1. The molecule has 0 bridgehead atoms. The Morgan fingerprint density at radius 3 is 2.65 bits per heavy atom. The van der Waals surface area contributed by atoms with E-state index in [0.717, 1.165) is 23.7 Å². The molecule has 0 fully saturated rings. The van der Waals surface area contributed by atoms with Gasteiger partial charge in [-0.15, -0.1) is 0 Å². The monoisotopic (exact) mass is 311 g/mol. The Hall–Kier alpha value is -0.990. The van der Waals surface area contributed by atoms with Crippen molar-refractivity contribution in [1.82, 2.24) is 4.98 Å². The molecule has 0 aliphatic carbocycles. The molecule has 2 nitrogen and oxygen atoms in total. The minimum Gasteiger partial charge on any atom is -0.360 e. The molecule has 0 unspecified atom stereocenters. The van der Waals surface area contributed by atoms with Crippen molar-refractivity contribution >= 4 is 39.9 Å². The number of carbonyl (C=O) groups excluding carboxylic acids is 1. The van der Waals surface area contributed by atoms with Gasteiger partial charge in [0, 0.05) is 34.1 Å². The van der Waals surface area contributed by atoms with E-state index in [1.165, 1.54) is 19.3 Å². The zero-order chi connectivity index (χ0) is 14.5. The van der Waals surface area contributed by atoms with Crippen LogP contribution in [-0.4, -0.2) is 10.8 Å².